The molecule has 0 bridgehead atoms. The van der Waals surface area contributed by atoms with Crippen LogP contribution in [0.25, 0.3) is 0 Å². The van der Waals surface area contributed by atoms with Gasteiger partial charge in [-0.05, 0) is 37.1 Å². The molecule has 1 aromatic rings. The largest absolute Gasteiger partial charge is 0.481 e. The first-order valence-corrected chi connectivity index (χ1v) is 11.1. The molecule has 1 amide bonds. The van der Waals surface area contributed by atoms with Gasteiger partial charge in [0.25, 0.3) is 5.91 Å². The van der Waals surface area contributed by atoms with Gasteiger partial charge in [-0.25, -0.2) is 13.1 Å². The van der Waals surface area contributed by atoms with Gasteiger partial charge in [0.1, 0.15) is 5.75 Å². The molecule has 1 fully saturated rings. The predicted octanol–water partition coefficient (Wildman–Crippen LogP) is 0.837. The van der Waals surface area contributed by atoms with Gasteiger partial charge < -0.3 is 14.8 Å². The highest BCUT2D eigenvalue weighted by molar-refractivity contribution is 7.89. The number of ether oxygens (including phenoxy) is 2. The van der Waals surface area contributed by atoms with E-state index in [0.29, 0.717) is 44.5 Å². The molecule has 9 heteroatoms. The Morgan fingerprint density at radius 2 is 1.82 bits per heavy atom. The predicted molar refractivity (Wildman–Crippen MR) is 107 cm³/mol. The maximum atomic E-state index is 12.4. The van der Waals surface area contributed by atoms with Crippen molar-refractivity contribution >= 4 is 15.9 Å². The fourth-order valence-electron chi connectivity index (χ4n) is 2.65. The van der Waals surface area contributed by atoms with Crippen molar-refractivity contribution in [1.29, 1.82) is 0 Å². The molecule has 0 saturated carbocycles. The van der Waals surface area contributed by atoms with E-state index in [9.17, 15) is 13.2 Å². The zero-order valence-corrected chi connectivity index (χ0v) is 17.6. The van der Waals surface area contributed by atoms with Crippen LogP contribution in [0.4, 0.5) is 0 Å². The summed E-state index contributed by atoms with van der Waals surface area (Å²) in [4.78, 5) is 14.3. The van der Waals surface area contributed by atoms with Crippen molar-refractivity contribution in [1.82, 2.24) is 14.9 Å². The number of hydrogen-bond donors (Lipinski definition) is 2. The molecular formula is C19H31N3O5S. The van der Waals surface area contributed by atoms with Crippen LogP contribution < -0.4 is 14.8 Å². The minimum atomic E-state index is -3.58. The van der Waals surface area contributed by atoms with Gasteiger partial charge >= 0.3 is 0 Å². The molecule has 8 nitrogen and oxygen atoms in total. The van der Waals surface area contributed by atoms with E-state index in [1.165, 1.54) is 12.1 Å². The minimum Gasteiger partial charge on any atom is -0.481 e. The first kappa shape index (κ1) is 22.6. The average molecular weight is 414 g/mol. The van der Waals surface area contributed by atoms with E-state index in [-0.39, 0.29) is 10.8 Å². The first-order chi connectivity index (χ1) is 13.3. The summed E-state index contributed by atoms with van der Waals surface area (Å²) in [6.45, 7) is 10.3. The van der Waals surface area contributed by atoms with E-state index in [2.05, 4.69) is 14.9 Å². The Hall–Kier alpha value is -1.68. The number of carbonyl (C=O) groups excluding carboxylic acids is 1. The summed E-state index contributed by atoms with van der Waals surface area (Å²) in [6.07, 6.45) is -0.659. The van der Waals surface area contributed by atoms with Gasteiger partial charge in [-0.15, -0.1) is 0 Å². The van der Waals surface area contributed by atoms with Crippen LogP contribution in [0.5, 0.6) is 5.75 Å². The summed E-state index contributed by atoms with van der Waals surface area (Å²) in [5, 5.41) is 2.81. The van der Waals surface area contributed by atoms with E-state index >= 15 is 0 Å². The number of morpholine rings is 1. The lowest BCUT2D eigenvalue weighted by molar-refractivity contribution is -0.127. The van der Waals surface area contributed by atoms with Crippen LogP contribution in [0, 0.1) is 5.92 Å². The highest BCUT2D eigenvalue weighted by Crippen LogP contribution is 2.17. The van der Waals surface area contributed by atoms with Crippen LogP contribution in [0.3, 0.4) is 0 Å². The number of amides is 1. The Morgan fingerprint density at radius 3 is 2.43 bits per heavy atom. The van der Waals surface area contributed by atoms with Crippen LogP contribution in [-0.4, -0.2) is 71.3 Å². The van der Waals surface area contributed by atoms with Crippen molar-refractivity contribution in [3.05, 3.63) is 24.3 Å². The summed E-state index contributed by atoms with van der Waals surface area (Å²) < 4.78 is 38.3. The fraction of sp³-hybridized carbons (Fsp3) is 0.632. The van der Waals surface area contributed by atoms with Gasteiger partial charge in [0.2, 0.25) is 10.0 Å². The van der Waals surface area contributed by atoms with Crippen LogP contribution in [0.2, 0.25) is 0 Å². The third kappa shape index (κ3) is 7.38. The van der Waals surface area contributed by atoms with Gasteiger partial charge in [0.05, 0.1) is 18.1 Å². The molecule has 28 heavy (non-hydrogen) atoms. The molecule has 1 heterocycles. The molecule has 2 rings (SSSR count). The number of hydrogen-bond acceptors (Lipinski definition) is 6. The molecule has 1 atom stereocenters. The van der Waals surface area contributed by atoms with E-state index in [1.807, 2.05) is 13.8 Å². The molecule has 1 aliphatic rings. The lowest BCUT2D eigenvalue weighted by atomic mass is 10.2. The number of sulfonamides is 1. The zero-order chi connectivity index (χ0) is 20.6. The standard InChI is InChI=1S/C19H31N3O5S/c1-15(2)14-20-19(23)16(3)27-17-4-6-18(7-5-17)28(24,25)21-8-9-22-10-12-26-13-11-22/h4-7,15-16,21H,8-14H2,1-3H3,(H,20,23)/t16-/m1/s1. The molecule has 1 aromatic carbocycles. The number of carbonyl (C=O) groups is 1. The average Bonchev–Trinajstić information content (AvgIpc) is 2.67. The number of nitrogens with zero attached hydrogens (tertiary/aromatic N) is 1. The third-order valence-electron chi connectivity index (χ3n) is 4.32. The van der Waals surface area contributed by atoms with Crippen molar-refractivity contribution in [2.24, 2.45) is 5.92 Å². The van der Waals surface area contributed by atoms with Crippen molar-refractivity contribution in [2.45, 2.75) is 31.8 Å². The minimum absolute atomic E-state index is 0.165. The number of benzene rings is 1. The summed E-state index contributed by atoms with van der Waals surface area (Å²) in [7, 11) is -3.58. The second kappa shape index (κ2) is 10.8. The topological polar surface area (TPSA) is 97.0 Å². The summed E-state index contributed by atoms with van der Waals surface area (Å²) >= 11 is 0. The van der Waals surface area contributed by atoms with Crippen molar-refractivity contribution in [2.75, 3.05) is 45.9 Å². The van der Waals surface area contributed by atoms with E-state index < -0.39 is 16.1 Å². The lowest BCUT2D eigenvalue weighted by Gasteiger charge is -2.26. The van der Waals surface area contributed by atoms with Crippen LogP contribution in [0.1, 0.15) is 20.8 Å². The number of nitrogens with one attached hydrogen (secondary N) is 2. The Labute approximate surface area is 167 Å². The van der Waals surface area contributed by atoms with Crippen LogP contribution in [-0.2, 0) is 19.6 Å². The zero-order valence-electron chi connectivity index (χ0n) is 16.8. The van der Waals surface area contributed by atoms with Crippen LogP contribution >= 0.6 is 0 Å². The maximum absolute atomic E-state index is 12.4. The van der Waals surface area contributed by atoms with E-state index in [1.54, 1.807) is 19.1 Å². The Kier molecular flexibility index (Phi) is 8.68. The molecule has 0 unspecified atom stereocenters. The lowest BCUT2D eigenvalue weighted by Crippen LogP contribution is -2.41. The smallest absolute Gasteiger partial charge is 0.260 e. The Bertz CT molecular complexity index is 716. The number of rotatable bonds is 10. The maximum Gasteiger partial charge on any atom is 0.260 e. The monoisotopic (exact) mass is 413 g/mol. The van der Waals surface area contributed by atoms with Crippen molar-refractivity contribution in [3.63, 3.8) is 0 Å². The van der Waals surface area contributed by atoms with E-state index in [0.717, 1.165) is 13.1 Å². The first-order valence-electron chi connectivity index (χ1n) is 9.62. The highest BCUT2D eigenvalue weighted by atomic mass is 32.2. The fourth-order valence-corrected chi connectivity index (χ4v) is 3.67. The molecule has 1 aliphatic heterocycles. The molecule has 0 spiro atoms. The summed E-state index contributed by atoms with van der Waals surface area (Å²) in [5.41, 5.74) is 0. The Balaban J connectivity index is 1.83. The van der Waals surface area contributed by atoms with Crippen molar-refractivity contribution in [3.8, 4) is 5.75 Å². The van der Waals surface area contributed by atoms with Gasteiger partial charge in [-0.2, -0.15) is 0 Å². The quantitative estimate of drug-likeness (QED) is 0.590. The van der Waals surface area contributed by atoms with Gasteiger partial charge in [-0.1, -0.05) is 13.8 Å². The second-order valence-corrected chi connectivity index (χ2v) is 8.99. The third-order valence-corrected chi connectivity index (χ3v) is 5.80. The van der Waals surface area contributed by atoms with E-state index in [4.69, 9.17) is 9.47 Å². The van der Waals surface area contributed by atoms with Gasteiger partial charge in [0, 0.05) is 32.7 Å². The Morgan fingerprint density at radius 1 is 1.18 bits per heavy atom. The second-order valence-electron chi connectivity index (χ2n) is 7.22. The molecule has 1 saturated heterocycles. The molecule has 0 aliphatic carbocycles. The van der Waals surface area contributed by atoms with Gasteiger partial charge in [-0.3, -0.25) is 9.69 Å². The molecule has 0 radical (unpaired) electrons. The molecule has 158 valence electrons. The normalized spacial score (nSPS) is 16.7. The van der Waals surface area contributed by atoms with Gasteiger partial charge in [0.15, 0.2) is 6.10 Å². The highest BCUT2D eigenvalue weighted by Gasteiger charge is 2.17. The SMILES string of the molecule is CC(C)CNC(=O)[C@@H](C)Oc1ccc(S(=O)(=O)NCCN2CCOCC2)cc1. The van der Waals surface area contributed by atoms with Crippen LogP contribution in [0.15, 0.2) is 29.2 Å². The summed E-state index contributed by atoms with van der Waals surface area (Å²) in [5.74, 6) is 0.603. The molecule has 2 N–H and O–H groups in total. The summed E-state index contributed by atoms with van der Waals surface area (Å²) in [6, 6.07) is 6.07. The van der Waals surface area contributed by atoms with Crippen molar-refractivity contribution < 1.29 is 22.7 Å². The molecule has 0 aromatic heterocycles. The molecular weight excluding hydrogens is 382 g/mol.